The molecule has 1 N–H and O–H groups in total. The van der Waals surface area contributed by atoms with Crippen LogP contribution in [-0.4, -0.2) is 12.6 Å². The molecule has 0 aromatic heterocycles. The fraction of sp³-hybridized carbons (Fsp3) is 0.923. The molecule has 0 radical (unpaired) electrons. The van der Waals surface area contributed by atoms with Crippen LogP contribution in [-0.2, 0) is 0 Å². The molecular formula is C13H24N2. The first-order chi connectivity index (χ1) is 7.03. The van der Waals surface area contributed by atoms with Crippen molar-refractivity contribution in [3.63, 3.8) is 0 Å². The Morgan fingerprint density at radius 2 is 1.93 bits per heavy atom. The molecule has 0 amide bonds. The Bertz CT molecular complexity index is 222. The van der Waals surface area contributed by atoms with Crippen molar-refractivity contribution in [3.8, 4) is 6.07 Å². The van der Waals surface area contributed by atoms with E-state index in [0.717, 1.165) is 13.0 Å². The summed E-state index contributed by atoms with van der Waals surface area (Å²) in [7, 11) is 0. The van der Waals surface area contributed by atoms with Crippen molar-refractivity contribution >= 4 is 0 Å². The van der Waals surface area contributed by atoms with Crippen LogP contribution in [0.5, 0.6) is 0 Å². The second kappa shape index (κ2) is 5.51. The van der Waals surface area contributed by atoms with E-state index in [4.69, 9.17) is 5.26 Å². The third-order valence-electron chi connectivity index (χ3n) is 3.21. The van der Waals surface area contributed by atoms with Gasteiger partial charge in [-0.3, -0.25) is 0 Å². The summed E-state index contributed by atoms with van der Waals surface area (Å²) in [6.07, 6.45) is 5.97. The minimum absolute atomic E-state index is 0.249. The molecule has 1 fully saturated rings. The maximum atomic E-state index is 9.03. The monoisotopic (exact) mass is 208 g/mol. The molecule has 0 spiro atoms. The molecular weight excluding hydrogens is 184 g/mol. The fourth-order valence-corrected chi connectivity index (χ4v) is 2.16. The van der Waals surface area contributed by atoms with Gasteiger partial charge in [-0.05, 0) is 31.2 Å². The lowest BCUT2D eigenvalue weighted by atomic mass is 9.85. The van der Waals surface area contributed by atoms with Gasteiger partial charge < -0.3 is 5.32 Å². The van der Waals surface area contributed by atoms with Gasteiger partial charge in [-0.2, -0.15) is 5.26 Å². The Morgan fingerprint density at radius 3 is 2.53 bits per heavy atom. The van der Waals surface area contributed by atoms with Crippen LogP contribution >= 0.6 is 0 Å². The van der Waals surface area contributed by atoms with E-state index < -0.39 is 0 Å². The largest absolute Gasteiger partial charge is 0.313 e. The zero-order chi connectivity index (χ0) is 11.3. The van der Waals surface area contributed by atoms with Crippen LogP contribution in [0.15, 0.2) is 0 Å². The number of rotatable bonds is 3. The summed E-state index contributed by atoms with van der Waals surface area (Å²) in [4.78, 5) is 0. The molecule has 2 nitrogen and oxygen atoms in total. The van der Waals surface area contributed by atoms with E-state index in [1.165, 1.54) is 25.7 Å². The smallest absolute Gasteiger partial charge is 0.0672 e. The van der Waals surface area contributed by atoms with Crippen LogP contribution < -0.4 is 5.32 Å². The van der Waals surface area contributed by atoms with Crippen molar-refractivity contribution in [1.82, 2.24) is 5.32 Å². The maximum Gasteiger partial charge on any atom is 0.0672 e. The molecule has 1 saturated carbocycles. The van der Waals surface area contributed by atoms with Crippen molar-refractivity contribution in [3.05, 3.63) is 0 Å². The van der Waals surface area contributed by atoms with Gasteiger partial charge in [-0.15, -0.1) is 0 Å². The number of nitriles is 1. The highest BCUT2D eigenvalue weighted by molar-refractivity contribution is 4.94. The highest BCUT2D eigenvalue weighted by atomic mass is 14.9. The average Bonchev–Trinajstić information content (AvgIpc) is 2.16. The molecule has 1 aliphatic carbocycles. The normalized spacial score (nSPS) is 27.3. The van der Waals surface area contributed by atoms with Gasteiger partial charge >= 0.3 is 0 Å². The summed E-state index contributed by atoms with van der Waals surface area (Å²) >= 11 is 0. The minimum atomic E-state index is 0.249. The first-order valence-electron chi connectivity index (χ1n) is 6.16. The van der Waals surface area contributed by atoms with Crippen molar-refractivity contribution in [2.45, 2.75) is 58.9 Å². The molecule has 86 valence electrons. The Hall–Kier alpha value is -0.550. The van der Waals surface area contributed by atoms with Gasteiger partial charge in [0.2, 0.25) is 0 Å². The summed E-state index contributed by atoms with van der Waals surface area (Å²) in [5.74, 6) is 0.249. The van der Waals surface area contributed by atoms with Crippen molar-refractivity contribution < 1.29 is 0 Å². The summed E-state index contributed by atoms with van der Waals surface area (Å²) in [6, 6.07) is 2.89. The second-order valence-electron chi connectivity index (χ2n) is 5.89. The maximum absolute atomic E-state index is 9.03. The van der Waals surface area contributed by atoms with Gasteiger partial charge in [0, 0.05) is 6.04 Å². The molecule has 2 unspecified atom stereocenters. The molecule has 2 atom stereocenters. The van der Waals surface area contributed by atoms with E-state index in [-0.39, 0.29) is 5.92 Å². The Morgan fingerprint density at radius 1 is 1.27 bits per heavy atom. The lowest BCUT2D eigenvalue weighted by Gasteiger charge is -2.29. The van der Waals surface area contributed by atoms with Gasteiger partial charge in [0.15, 0.2) is 0 Å². The minimum Gasteiger partial charge on any atom is -0.313 e. The zero-order valence-electron chi connectivity index (χ0n) is 10.3. The zero-order valence-corrected chi connectivity index (χ0v) is 10.3. The number of nitrogens with zero attached hydrogens (tertiary/aromatic N) is 1. The predicted octanol–water partition coefficient (Wildman–Crippen LogP) is 3.09. The van der Waals surface area contributed by atoms with Crippen molar-refractivity contribution in [2.24, 2.45) is 11.3 Å². The molecule has 2 heteroatoms. The standard InChI is InChI=1S/C13H24N2/c1-13(2,3)8-9-15-12-7-5-4-6-11(12)10-14/h11-12,15H,4-9H2,1-3H3. The fourth-order valence-electron chi connectivity index (χ4n) is 2.16. The molecule has 0 aliphatic heterocycles. The first-order valence-corrected chi connectivity index (χ1v) is 6.16. The van der Waals surface area contributed by atoms with Crippen LogP contribution in [0, 0.1) is 22.7 Å². The van der Waals surface area contributed by atoms with Crippen LogP contribution in [0.25, 0.3) is 0 Å². The van der Waals surface area contributed by atoms with Gasteiger partial charge in [0.1, 0.15) is 0 Å². The molecule has 1 rings (SSSR count). The molecule has 0 bridgehead atoms. The summed E-state index contributed by atoms with van der Waals surface area (Å²) in [6.45, 7) is 7.83. The predicted molar refractivity (Wildman–Crippen MR) is 63.4 cm³/mol. The summed E-state index contributed by atoms with van der Waals surface area (Å²) in [5, 5.41) is 12.6. The number of hydrogen-bond donors (Lipinski definition) is 1. The van der Waals surface area contributed by atoms with E-state index in [1.54, 1.807) is 0 Å². The summed E-state index contributed by atoms with van der Waals surface area (Å²) in [5.41, 5.74) is 0.393. The molecule has 0 saturated heterocycles. The van der Waals surface area contributed by atoms with E-state index in [0.29, 0.717) is 11.5 Å². The Labute approximate surface area is 94.1 Å². The van der Waals surface area contributed by atoms with Crippen LogP contribution in [0.2, 0.25) is 0 Å². The number of nitrogens with one attached hydrogen (secondary N) is 1. The van der Waals surface area contributed by atoms with Gasteiger partial charge in [0.25, 0.3) is 0 Å². The molecule has 0 aromatic rings. The first kappa shape index (κ1) is 12.5. The second-order valence-corrected chi connectivity index (χ2v) is 5.89. The molecule has 1 aliphatic rings. The van der Waals surface area contributed by atoms with E-state index in [2.05, 4.69) is 32.2 Å². The Balaban J connectivity index is 2.27. The lowest BCUT2D eigenvalue weighted by molar-refractivity contribution is 0.288. The third kappa shape index (κ3) is 4.66. The third-order valence-corrected chi connectivity index (χ3v) is 3.21. The quantitative estimate of drug-likeness (QED) is 0.773. The topological polar surface area (TPSA) is 35.8 Å². The van der Waals surface area contributed by atoms with E-state index in [9.17, 15) is 0 Å². The van der Waals surface area contributed by atoms with Gasteiger partial charge in [-0.25, -0.2) is 0 Å². The highest BCUT2D eigenvalue weighted by Crippen LogP contribution is 2.24. The highest BCUT2D eigenvalue weighted by Gasteiger charge is 2.24. The van der Waals surface area contributed by atoms with E-state index >= 15 is 0 Å². The van der Waals surface area contributed by atoms with E-state index in [1.807, 2.05) is 0 Å². The Kier molecular flexibility index (Phi) is 4.60. The van der Waals surface area contributed by atoms with Gasteiger partial charge in [0.05, 0.1) is 12.0 Å². The van der Waals surface area contributed by atoms with Crippen LogP contribution in [0.3, 0.4) is 0 Å². The molecule has 0 heterocycles. The average molecular weight is 208 g/mol. The lowest BCUT2D eigenvalue weighted by Crippen LogP contribution is -2.39. The molecule has 0 aromatic carbocycles. The van der Waals surface area contributed by atoms with Crippen LogP contribution in [0.4, 0.5) is 0 Å². The SMILES string of the molecule is CC(C)(C)CCNC1CCCCC1C#N. The number of hydrogen-bond acceptors (Lipinski definition) is 2. The van der Waals surface area contributed by atoms with Gasteiger partial charge in [-0.1, -0.05) is 33.6 Å². The summed E-state index contributed by atoms with van der Waals surface area (Å²) < 4.78 is 0. The molecule has 15 heavy (non-hydrogen) atoms. The van der Waals surface area contributed by atoms with Crippen molar-refractivity contribution in [1.29, 1.82) is 5.26 Å². The van der Waals surface area contributed by atoms with Crippen molar-refractivity contribution in [2.75, 3.05) is 6.54 Å². The van der Waals surface area contributed by atoms with Crippen LogP contribution in [0.1, 0.15) is 52.9 Å².